The van der Waals surface area contributed by atoms with E-state index in [1.807, 2.05) is 11.9 Å². The third-order valence-corrected chi connectivity index (χ3v) is 3.60. The second-order valence-corrected chi connectivity index (χ2v) is 4.76. The molecule has 1 heterocycles. The predicted octanol–water partition coefficient (Wildman–Crippen LogP) is 0.998. The van der Waals surface area contributed by atoms with Crippen molar-refractivity contribution in [2.75, 3.05) is 26.7 Å². The summed E-state index contributed by atoms with van der Waals surface area (Å²) in [4.78, 5) is 13.8. The van der Waals surface area contributed by atoms with Crippen LogP contribution in [0.15, 0.2) is 0 Å². The van der Waals surface area contributed by atoms with Crippen LogP contribution in [0.25, 0.3) is 0 Å². The average molecular weight is 196 g/mol. The van der Waals surface area contributed by atoms with Gasteiger partial charge in [0.15, 0.2) is 0 Å². The van der Waals surface area contributed by atoms with Crippen molar-refractivity contribution < 1.29 is 4.79 Å². The minimum atomic E-state index is 0.393. The standard InChI is InChI=1S/C11H20N2O/c1-12-6-2-7-13-8-5-11(3-4-11)9-10(13)14/h12H,2-9H2,1H3. The smallest absolute Gasteiger partial charge is 0.223 e. The van der Waals surface area contributed by atoms with Crippen molar-refractivity contribution in [3.05, 3.63) is 0 Å². The summed E-state index contributed by atoms with van der Waals surface area (Å²) in [5.41, 5.74) is 0.469. The lowest BCUT2D eigenvalue weighted by atomic mass is 9.93. The van der Waals surface area contributed by atoms with E-state index in [1.165, 1.54) is 19.3 Å². The number of piperidine rings is 1. The lowest BCUT2D eigenvalue weighted by Crippen LogP contribution is -2.40. The van der Waals surface area contributed by atoms with Gasteiger partial charge in [-0.2, -0.15) is 0 Å². The molecule has 0 bridgehead atoms. The Kier molecular flexibility index (Phi) is 2.77. The molecule has 2 rings (SSSR count). The molecule has 1 amide bonds. The van der Waals surface area contributed by atoms with E-state index in [0.29, 0.717) is 11.3 Å². The van der Waals surface area contributed by atoms with Gasteiger partial charge in [-0.1, -0.05) is 0 Å². The molecule has 14 heavy (non-hydrogen) atoms. The maximum atomic E-state index is 11.7. The van der Waals surface area contributed by atoms with Crippen LogP contribution in [0, 0.1) is 5.41 Å². The first kappa shape index (κ1) is 9.97. The zero-order valence-corrected chi connectivity index (χ0v) is 9.01. The van der Waals surface area contributed by atoms with Gasteiger partial charge in [-0.05, 0) is 44.7 Å². The van der Waals surface area contributed by atoms with E-state index in [-0.39, 0.29) is 0 Å². The van der Waals surface area contributed by atoms with Gasteiger partial charge in [0.25, 0.3) is 0 Å². The first-order chi connectivity index (χ1) is 6.76. The Bertz CT molecular complexity index is 223. The highest BCUT2D eigenvalue weighted by Gasteiger charge is 2.47. The molecule has 1 saturated carbocycles. The Balaban J connectivity index is 1.75. The molecule has 1 aliphatic heterocycles. The molecule has 1 N–H and O–H groups in total. The highest BCUT2D eigenvalue weighted by Crippen LogP contribution is 2.53. The monoisotopic (exact) mass is 196 g/mol. The van der Waals surface area contributed by atoms with E-state index in [2.05, 4.69) is 5.32 Å². The fraction of sp³-hybridized carbons (Fsp3) is 0.909. The summed E-state index contributed by atoms with van der Waals surface area (Å²) in [7, 11) is 1.96. The highest BCUT2D eigenvalue weighted by atomic mass is 16.2. The van der Waals surface area contributed by atoms with Gasteiger partial charge < -0.3 is 10.2 Å². The summed E-state index contributed by atoms with van der Waals surface area (Å²) in [6.45, 7) is 2.95. The average Bonchev–Trinajstić information content (AvgIpc) is 2.90. The molecule has 0 aromatic carbocycles. The molecular weight excluding hydrogens is 176 g/mol. The lowest BCUT2D eigenvalue weighted by Gasteiger charge is -2.31. The third-order valence-electron chi connectivity index (χ3n) is 3.60. The van der Waals surface area contributed by atoms with Crippen molar-refractivity contribution in [3.63, 3.8) is 0 Å². The van der Waals surface area contributed by atoms with E-state index in [4.69, 9.17) is 0 Å². The summed E-state index contributed by atoms with van der Waals surface area (Å²) in [5, 5.41) is 3.11. The molecule has 0 atom stereocenters. The molecule has 3 nitrogen and oxygen atoms in total. The van der Waals surface area contributed by atoms with Gasteiger partial charge in [-0.15, -0.1) is 0 Å². The number of hydrogen-bond acceptors (Lipinski definition) is 2. The van der Waals surface area contributed by atoms with Crippen LogP contribution in [0.2, 0.25) is 0 Å². The number of hydrogen-bond donors (Lipinski definition) is 1. The van der Waals surface area contributed by atoms with Crippen LogP contribution in [-0.4, -0.2) is 37.5 Å². The second kappa shape index (κ2) is 3.89. The van der Waals surface area contributed by atoms with Crippen molar-refractivity contribution >= 4 is 5.91 Å². The lowest BCUT2D eigenvalue weighted by molar-refractivity contribution is -0.135. The van der Waals surface area contributed by atoms with Gasteiger partial charge in [0.05, 0.1) is 0 Å². The number of amides is 1. The van der Waals surface area contributed by atoms with Gasteiger partial charge in [0, 0.05) is 19.5 Å². The van der Waals surface area contributed by atoms with Gasteiger partial charge in [0.1, 0.15) is 0 Å². The maximum Gasteiger partial charge on any atom is 0.223 e. The Morgan fingerprint density at radius 1 is 1.43 bits per heavy atom. The molecular formula is C11H20N2O. The number of nitrogens with one attached hydrogen (secondary N) is 1. The third kappa shape index (κ3) is 2.08. The maximum absolute atomic E-state index is 11.7. The number of rotatable bonds is 4. The van der Waals surface area contributed by atoms with E-state index >= 15 is 0 Å². The Hall–Kier alpha value is -0.570. The first-order valence-electron chi connectivity index (χ1n) is 5.68. The van der Waals surface area contributed by atoms with Crippen molar-refractivity contribution in [2.24, 2.45) is 5.41 Å². The van der Waals surface area contributed by atoms with E-state index in [0.717, 1.165) is 32.5 Å². The van der Waals surface area contributed by atoms with Gasteiger partial charge in [0.2, 0.25) is 5.91 Å². The largest absolute Gasteiger partial charge is 0.343 e. The van der Waals surface area contributed by atoms with Crippen LogP contribution in [-0.2, 0) is 4.79 Å². The molecule has 0 radical (unpaired) electrons. The van der Waals surface area contributed by atoms with Crippen LogP contribution < -0.4 is 5.32 Å². The topological polar surface area (TPSA) is 32.3 Å². The molecule has 1 spiro atoms. The summed E-state index contributed by atoms with van der Waals surface area (Å²) in [5.74, 6) is 0.393. The summed E-state index contributed by atoms with van der Waals surface area (Å²) < 4.78 is 0. The predicted molar refractivity (Wildman–Crippen MR) is 56.0 cm³/mol. The molecule has 3 heteroatoms. The van der Waals surface area contributed by atoms with Crippen LogP contribution in [0.5, 0.6) is 0 Å². The number of nitrogens with zero attached hydrogens (tertiary/aromatic N) is 1. The SMILES string of the molecule is CNCCCN1CCC2(CC2)CC1=O. The summed E-state index contributed by atoms with van der Waals surface area (Å²) >= 11 is 0. The Morgan fingerprint density at radius 3 is 2.79 bits per heavy atom. The number of carbonyl (C=O) groups is 1. The Morgan fingerprint density at radius 2 is 2.21 bits per heavy atom. The van der Waals surface area contributed by atoms with Gasteiger partial charge >= 0.3 is 0 Å². The fourth-order valence-electron chi connectivity index (χ4n) is 2.30. The zero-order chi connectivity index (χ0) is 10.0. The second-order valence-electron chi connectivity index (χ2n) is 4.76. The summed E-state index contributed by atoms with van der Waals surface area (Å²) in [6.07, 6.45) is 5.74. The van der Waals surface area contributed by atoms with Crippen molar-refractivity contribution in [3.8, 4) is 0 Å². The van der Waals surface area contributed by atoms with Crippen molar-refractivity contribution in [1.82, 2.24) is 10.2 Å². The quantitative estimate of drug-likeness (QED) is 0.680. The summed E-state index contributed by atoms with van der Waals surface area (Å²) in [6, 6.07) is 0. The Labute approximate surface area is 85.8 Å². The van der Waals surface area contributed by atoms with E-state index < -0.39 is 0 Å². The van der Waals surface area contributed by atoms with E-state index in [1.54, 1.807) is 0 Å². The molecule has 2 aliphatic rings. The van der Waals surface area contributed by atoms with Crippen LogP contribution in [0.1, 0.15) is 32.1 Å². The molecule has 0 unspecified atom stereocenters. The number of likely N-dealkylation sites (tertiary alicyclic amines) is 1. The van der Waals surface area contributed by atoms with Crippen molar-refractivity contribution in [2.45, 2.75) is 32.1 Å². The normalized spacial score (nSPS) is 24.4. The minimum Gasteiger partial charge on any atom is -0.343 e. The highest BCUT2D eigenvalue weighted by molar-refractivity contribution is 5.78. The van der Waals surface area contributed by atoms with Crippen LogP contribution in [0.3, 0.4) is 0 Å². The first-order valence-corrected chi connectivity index (χ1v) is 5.68. The van der Waals surface area contributed by atoms with Crippen LogP contribution in [0.4, 0.5) is 0 Å². The number of carbonyl (C=O) groups excluding carboxylic acids is 1. The molecule has 0 aromatic rings. The van der Waals surface area contributed by atoms with Gasteiger partial charge in [-0.25, -0.2) is 0 Å². The molecule has 0 aromatic heterocycles. The van der Waals surface area contributed by atoms with Gasteiger partial charge in [-0.3, -0.25) is 4.79 Å². The molecule has 1 aliphatic carbocycles. The van der Waals surface area contributed by atoms with Crippen molar-refractivity contribution in [1.29, 1.82) is 0 Å². The van der Waals surface area contributed by atoms with Crippen LogP contribution >= 0.6 is 0 Å². The zero-order valence-electron chi connectivity index (χ0n) is 9.01. The molecule has 80 valence electrons. The fourth-order valence-corrected chi connectivity index (χ4v) is 2.30. The minimum absolute atomic E-state index is 0.393. The molecule has 1 saturated heterocycles. The molecule has 2 fully saturated rings. The van der Waals surface area contributed by atoms with E-state index in [9.17, 15) is 4.79 Å².